The van der Waals surface area contributed by atoms with Crippen molar-refractivity contribution in [2.75, 3.05) is 0 Å². The van der Waals surface area contributed by atoms with E-state index in [-0.39, 0.29) is 22.3 Å². The molecule has 0 bridgehead atoms. The Morgan fingerprint density at radius 1 is 1.29 bits per heavy atom. The van der Waals surface area contributed by atoms with Crippen LogP contribution in [0, 0.1) is 18.8 Å². The van der Waals surface area contributed by atoms with Crippen LogP contribution < -0.4 is 5.32 Å². The van der Waals surface area contributed by atoms with Gasteiger partial charge in [0.05, 0.1) is 5.69 Å². The normalized spacial score (nSPS) is 26.6. The summed E-state index contributed by atoms with van der Waals surface area (Å²) in [5, 5.41) is 9.17. The minimum atomic E-state index is -4.01. The lowest BCUT2D eigenvalue weighted by Crippen LogP contribution is -2.40. The van der Waals surface area contributed by atoms with Gasteiger partial charge in [-0.15, -0.1) is 0 Å². The number of aryl methyl sites for hydroxylation is 1. The zero-order valence-corrected chi connectivity index (χ0v) is 13.9. The van der Waals surface area contributed by atoms with Crippen LogP contribution in [0.3, 0.4) is 0 Å². The fourth-order valence-electron chi connectivity index (χ4n) is 3.19. The SMILES string of the molecule is Cc1[nH]nc(C(=O)NC2CC(C)CC(C)C2)c1S(=O)(=O)Cl. The number of carbonyl (C=O) groups excluding carboxylic acids is 1. The van der Waals surface area contributed by atoms with E-state index in [2.05, 4.69) is 29.4 Å². The van der Waals surface area contributed by atoms with E-state index < -0.39 is 15.0 Å². The molecule has 0 aliphatic heterocycles. The summed E-state index contributed by atoms with van der Waals surface area (Å²) >= 11 is 0. The van der Waals surface area contributed by atoms with E-state index in [0.29, 0.717) is 11.8 Å². The van der Waals surface area contributed by atoms with Crippen LogP contribution in [0.5, 0.6) is 0 Å². The van der Waals surface area contributed by atoms with Crippen molar-refractivity contribution in [3.63, 3.8) is 0 Å². The molecule has 1 aliphatic rings. The second-order valence-electron chi connectivity index (χ2n) is 6.05. The molecule has 1 amide bonds. The van der Waals surface area contributed by atoms with Crippen molar-refractivity contribution in [1.29, 1.82) is 0 Å². The molecule has 2 unspecified atom stereocenters. The van der Waals surface area contributed by atoms with E-state index >= 15 is 0 Å². The van der Waals surface area contributed by atoms with Gasteiger partial charge in [-0.25, -0.2) is 8.42 Å². The van der Waals surface area contributed by atoms with Gasteiger partial charge in [-0.1, -0.05) is 13.8 Å². The maximum atomic E-state index is 12.3. The monoisotopic (exact) mass is 333 g/mol. The first kappa shape index (κ1) is 16.3. The summed E-state index contributed by atoms with van der Waals surface area (Å²) in [6.45, 7) is 5.83. The van der Waals surface area contributed by atoms with E-state index in [1.165, 1.54) is 6.92 Å². The van der Waals surface area contributed by atoms with Gasteiger partial charge in [-0.3, -0.25) is 9.89 Å². The average Bonchev–Trinajstić information content (AvgIpc) is 2.69. The Morgan fingerprint density at radius 2 is 1.86 bits per heavy atom. The third-order valence-electron chi connectivity index (χ3n) is 3.86. The molecule has 0 radical (unpaired) electrons. The molecule has 1 heterocycles. The molecule has 2 atom stereocenters. The van der Waals surface area contributed by atoms with Gasteiger partial charge in [0.25, 0.3) is 15.0 Å². The minimum Gasteiger partial charge on any atom is -0.348 e. The second kappa shape index (κ2) is 5.96. The number of nitrogens with one attached hydrogen (secondary N) is 2. The first-order valence-electron chi connectivity index (χ1n) is 6.99. The van der Waals surface area contributed by atoms with E-state index in [9.17, 15) is 13.2 Å². The van der Waals surface area contributed by atoms with Gasteiger partial charge in [0.2, 0.25) is 0 Å². The molecule has 0 aromatic carbocycles. The molecular weight excluding hydrogens is 314 g/mol. The molecule has 1 aromatic heterocycles. The molecule has 1 saturated carbocycles. The Bertz CT molecular complexity index is 631. The predicted octanol–water partition coefficient (Wildman–Crippen LogP) is 2.20. The Labute approximate surface area is 129 Å². The van der Waals surface area contributed by atoms with Gasteiger partial charge in [-0.2, -0.15) is 5.10 Å². The van der Waals surface area contributed by atoms with Crippen LogP contribution in [-0.4, -0.2) is 30.6 Å². The van der Waals surface area contributed by atoms with Crippen molar-refractivity contribution >= 4 is 25.6 Å². The number of halogens is 1. The minimum absolute atomic E-state index is 0.0409. The fourth-order valence-corrected chi connectivity index (χ4v) is 4.54. The van der Waals surface area contributed by atoms with Crippen LogP contribution in [0.15, 0.2) is 4.90 Å². The number of hydrogen-bond donors (Lipinski definition) is 2. The molecule has 6 nitrogen and oxygen atoms in total. The summed E-state index contributed by atoms with van der Waals surface area (Å²) in [4.78, 5) is 12.1. The number of carbonyl (C=O) groups is 1. The Kier molecular flexibility index (Phi) is 4.63. The van der Waals surface area contributed by atoms with Crippen molar-refractivity contribution in [2.24, 2.45) is 11.8 Å². The van der Waals surface area contributed by atoms with E-state index in [4.69, 9.17) is 10.7 Å². The highest BCUT2D eigenvalue weighted by atomic mass is 35.7. The fraction of sp³-hybridized carbons (Fsp3) is 0.692. The Hall–Kier alpha value is -1.08. The third kappa shape index (κ3) is 3.77. The molecule has 8 heteroatoms. The van der Waals surface area contributed by atoms with Gasteiger partial charge < -0.3 is 5.32 Å². The Morgan fingerprint density at radius 3 is 2.38 bits per heavy atom. The van der Waals surface area contributed by atoms with Crippen molar-refractivity contribution in [3.8, 4) is 0 Å². The highest BCUT2D eigenvalue weighted by molar-refractivity contribution is 8.13. The number of amides is 1. The topological polar surface area (TPSA) is 91.9 Å². The number of hydrogen-bond acceptors (Lipinski definition) is 4. The lowest BCUT2D eigenvalue weighted by atomic mass is 9.80. The van der Waals surface area contributed by atoms with Crippen LogP contribution in [0.1, 0.15) is 49.3 Å². The average molecular weight is 334 g/mol. The zero-order chi connectivity index (χ0) is 15.8. The van der Waals surface area contributed by atoms with Gasteiger partial charge in [0, 0.05) is 16.7 Å². The maximum Gasteiger partial charge on any atom is 0.273 e. The summed E-state index contributed by atoms with van der Waals surface area (Å²) in [6, 6.07) is 0.0409. The van der Waals surface area contributed by atoms with E-state index in [1.54, 1.807) is 0 Å². The molecule has 118 valence electrons. The molecule has 1 aromatic rings. The van der Waals surface area contributed by atoms with E-state index in [1.807, 2.05) is 0 Å². The van der Waals surface area contributed by atoms with Crippen molar-refractivity contribution in [1.82, 2.24) is 15.5 Å². The molecule has 2 N–H and O–H groups in total. The van der Waals surface area contributed by atoms with Crippen LogP contribution >= 0.6 is 10.7 Å². The van der Waals surface area contributed by atoms with Gasteiger partial charge in [0.15, 0.2) is 5.69 Å². The smallest absolute Gasteiger partial charge is 0.273 e. The highest BCUT2D eigenvalue weighted by Crippen LogP contribution is 2.29. The van der Waals surface area contributed by atoms with Gasteiger partial charge >= 0.3 is 0 Å². The molecule has 0 spiro atoms. The molecule has 21 heavy (non-hydrogen) atoms. The number of aromatic nitrogens is 2. The van der Waals surface area contributed by atoms with Gasteiger partial charge in [-0.05, 0) is 38.0 Å². The molecule has 1 aliphatic carbocycles. The zero-order valence-electron chi connectivity index (χ0n) is 12.3. The van der Waals surface area contributed by atoms with Crippen LogP contribution in [-0.2, 0) is 9.05 Å². The third-order valence-corrected chi connectivity index (χ3v) is 5.31. The first-order valence-corrected chi connectivity index (χ1v) is 9.30. The first-order chi connectivity index (χ1) is 9.68. The van der Waals surface area contributed by atoms with Crippen LogP contribution in [0.4, 0.5) is 0 Å². The quantitative estimate of drug-likeness (QED) is 0.829. The highest BCUT2D eigenvalue weighted by Gasteiger charge is 2.30. The van der Waals surface area contributed by atoms with Crippen molar-refractivity contribution in [2.45, 2.75) is 51.0 Å². The predicted molar refractivity (Wildman–Crippen MR) is 79.8 cm³/mol. The summed E-state index contributed by atoms with van der Waals surface area (Å²) in [7, 11) is 1.37. The summed E-state index contributed by atoms with van der Waals surface area (Å²) in [6.07, 6.45) is 2.93. The Balaban J connectivity index is 2.18. The summed E-state index contributed by atoms with van der Waals surface area (Å²) in [5.41, 5.74) is 0.105. The number of rotatable bonds is 3. The standard InChI is InChI=1S/C13H20ClN3O3S/c1-7-4-8(2)6-10(5-7)15-13(18)11-12(21(14,19)20)9(3)16-17-11/h7-8,10H,4-6H2,1-3H3,(H,15,18)(H,16,17). The number of aromatic amines is 1. The number of nitrogens with zero attached hydrogens (tertiary/aromatic N) is 1. The van der Waals surface area contributed by atoms with Gasteiger partial charge in [0.1, 0.15) is 4.90 Å². The molecule has 2 rings (SSSR count). The lowest BCUT2D eigenvalue weighted by Gasteiger charge is -2.31. The second-order valence-corrected chi connectivity index (χ2v) is 8.55. The molecule has 0 saturated heterocycles. The molecule has 1 fully saturated rings. The molecular formula is C13H20ClN3O3S. The van der Waals surface area contributed by atoms with Crippen LogP contribution in [0.25, 0.3) is 0 Å². The van der Waals surface area contributed by atoms with E-state index in [0.717, 1.165) is 19.3 Å². The summed E-state index contributed by atoms with van der Waals surface area (Å²) < 4.78 is 23.1. The largest absolute Gasteiger partial charge is 0.348 e. The van der Waals surface area contributed by atoms with Crippen molar-refractivity contribution in [3.05, 3.63) is 11.4 Å². The lowest BCUT2D eigenvalue weighted by molar-refractivity contribution is 0.0902. The number of H-pyrrole nitrogens is 1. The summed E-state index contributed by atoms with van der Waals surface area (Å²) in [5.74, 6) is 0.581. The van der Waals surface area contributed by atoms with Crippen molar-refractivity contribution < 1.29 is 13.2 Å². The maximum absolute atomic E-state index is 12.3. The van der Waals surface area contributed by atoms with Crippen LogP contribution in [0.2, 0.25) is 0 Å².